The van der Waals surface area contributed by atoms with E-state index in [1.54, 1.807) is 11.8 Å². The molecule has 2 rings (SSSR count). The number of rotatable bonds is 4. The fourth-order valence-electron chi connectivity index (χ4n) is 1.62. The first kappa shape index (κ1) is 13.6. The lowest BCUT2D eigenvalue weighted by Gasteiger charge is -2.10. The van der Waals surface area contributed by atoms with Crippen LogP contribution in [0.1, 0.15) is 5.56 Å². The van der Waals surface area contributed by atoms with Crippen LogP contribution in [0.4, 0.5) is 5.69 Å². The third-order valence-electron chi connectivity index (χ3n) is 2.60. The molecule has 1 nitrogen and oxygen atoms in total. The van der Waals surface area contributed by atoms with Crippen LogP contribution in [0.25, 0.3) is 0 Å². The van der Waals surface area contributed by atoms with Crippen LogP contribution in [-0.2, 0) is 6.54 Å². The van der Waals surface area contributed by atoms with Gasteiger partial charge in [0.2, 0.25) is 0 Å². The van der Waals surface area contributed by atoms with E-state index in [4.69, 9.17) is 23.2 Å². The van der Waals surface area contributed by atoms with Gasteiger partial charge in [-0.25, -0.2) is 0 Å². The van der Waals surface area contributed by atoms with Crippen LogP contribution in [-0.4, -0.2) is 6.26 Å². The molecule has 4 heteroatoms. The summed E-state index contributed by atoms with van der Waals surface area (Å²) in [5, 5.41) is 4.72. The highest BCUT2D eigenvalue weighted by Crippen LogP contribution is 2.26. The van der Waals surface area contributed by atoms with Gasteiger partial charge in [0, 0.05) is 32.7 Å². The van der Waals surface area contributed by atoms with E-state index in [1.807, 2.05) is 30.3 Å². The summed E-state index contributed by atoms with van der Waals surface area (Å²) in [5.41, 5.74) is 1.99. The van der Waals surface area contributed by atoms with Gasteiger partial charge in [-0.3, -0.25) is 0 Å². The fraction of sp³-hybridized carbons (Fsp3) is 0.143. The molecule has 18 heavy (non-hydrogen) atoms. The van der Waals surface area contributed by atoms with Crippen molar-refractivity contribution in [2.24, 2.45) is 0 Å². The molecule has 2 aromatic carbocycles. The molecule has 0 aromatic heterocycles. The molecule has 0 fully saturated rings. The number of anilines is 1. The molecule has 0 unspecified atom stereocenters. The Labute approximate surface area is 121 Å². The lowest BCUT2D eigenvalue weighted by atomic mass is 10.2. The molecule has 0 aliphatic carbocycles. The van der Waals surface area contributed by atoms with Gasteiger partial charge in [-0.15, -0.1) is 11.8 Å². The maximum atomic E-state index is 6.13. The summed E-state index contributed by atoms with van der Waals surface area (Å²) < 4.78 is 0. The monoisotopic (exact) mass is 297 g/mol. The van der Waals surface area contributed by atoms with E-state index in [0.29, 0.717) is 16.6 Å². The summed E-state index contributed by atoms with van der Waals surface area (Å²) in [5.74, 6) is 0. The third kappa shape index (κ3) is 3.35. The first-order chi connectivity index (χ1) is 8.70. The molecule has 0 amide bonds. The summed E-state index contributed by atoms with van der Waals surface area (Å²) in [7, 11) is 0. The molecule has 1 N–H and O–H groups in total. The molecular weight excluding hydrogens is 285 g/mol. The Morgan fingerprint density at radius 2 is 1.72 bits per heavy atom. The van der Waals surface area contributed by atoms with Crippen molar-refractivity contribution < 1.29 is 0 Å². The molecule has 0 aliphatic rings. The zero-order valence-electron chi connectivity index (χ0n) is 9.91. The largest absolute Gasteiger partial charge is 0.381 e. The summed E-state index contributed by atoms with van der Waals surface area (Å²) in [6.07, 6.45) is 2.06. The summed E-state index contributed by atoms with van der Waals surface area (Å²) in [4.78, 5) is 1.23. The SMILES string of the molecule is CSc1cccc(NCc2c(Cl)cccc2Cl)c1. The molecule has 0 heterocycles. The van der Waals surface area contributed by atoms with Gasteiger partial charge in [-0.1, -0.05) is 35.3 Å². The smallest absolute Gasteiger partial charge is 0.0470 e. The number of halogens is 2. The van der Waals surface area contributed by atoms with Crippen LogP contribution in [0, 0.1) is 0 Å². The van der Waals surface area contributed by atoms with E-state index in [2.05, 4.69) is 23.7 Å². The van der Waals surface area contributed by atoms with Crippen LogP contribution in [0.5, 0.6) is 0 Å². The highest BCUT2D eigenvalue weighted by Gasteiger charge is 2.05. The molecule has 0 saturated heterocycles. The van der Waals surface area contributed by atoms with E-state index in [-0.39, 0.29) is 0 Å². The van der Waals surface area contributed by atoms with E-state index in [0.717, 1.165) is 11.3 Å². The van der Waals surface area contributed by atoms with Crippen molar-refractivity contribution in [1.29, 1.82) is 0 Å². The van der Waals surface area contributed by atoms with Gasteiger partial charge >= 0.3 is 0 Å². The van der Waals surface area contributed by atoms with Crippen molar-refractivity contribution in [3.63, 3.8) is 0 Å². The molecule has 0 bridgehead atoms. The van der Waals surface area contributed by atoms with Crippen molar-refractivity contribution in [2.45, 2.75) is 11.4 Å². The molecule has 2 aromatic rings. The number of hydrogen-bond donors (Lipinski definition) is 1. The van der Waals surface area contributed by atoms with Gasteiger partial charge in [0.1, 0.15) is 0 Å². The Morgan fingerprint density at radius 1 is 1.06 bits per heavy atom. The van der Waals surface area contributed by atoms with Gasteiger partial charge in [0.15, 0.2) is 0 Å². The van der Waals surface area contributed by atoms with E-state index in [1.165, 1.54) is 4.90 Å². The standard InChI is InChI=1S/C14H13Cl2NS/c1-18-11-5-2-4-10(8-11)17-9-12-13(15)6-3-7-14(12)16/h2-8,17H,9H2,1H3. The first-order valence-corrected chi connectivity index (χ1v) is 7.49. The molecule has 0 atom stereocenters. The van der Waals surface area contributed by atoms with Gasteiger partial charge in [-0.05, 0) is 36.6 Å². The highest BCUT2D eigenvalue weighted by atomic mass is 35.5. The lowest BCUT2D eigenvalue weighted by molar-refractivity contribution is 1.14. The Balaban J connectivity index is 2.11. The molecule has 0 saturated carbocycles. The second-order valence-corrected chi connectivity index (χ2v) is 5.48. The van der Waals surface area contributed by atoms with Crippen LogP contribution < -0.4 is 5.32 Å². The minimum absolute atomic E-state index is 0.621. The van der Waals surface area contributed by atoms with Gasteiger partial charge in [0.25, 0.3) is 0 Å². The maximum Gasteiger partial charge on any atom is 0.0470 e. The summed E-state index contributed by atoms with van der Waals surface area (Å²) in [6, 6.07) is 13.8. The Hall–Kier alpha value is -0.830. The van der Waals surface area contributed by atoms with Crippen molar-refractivity contribution in [3.8, 4) is 0 Å². The van der Waals surface area contributed by atoms with Crippen LogP contribution in [0.2, 0.25) is 10.0 Å². The number of thioether (sulfide) groups is 1. The average Bonchev–Trinajstić information content (AvgIpc) is 2.38. The van der Waals surface area contributed by atoms with Crippen LogP contribution in [0.15, 0.2) is 47.4 Å². The van der Waals surface area contributed by atoms with E-state index < -0.39 is 0 Å². The zero-order chi connectivity index (χ0) is 13.0. The number of benzene rings is 2. The first-order valence-electron chi connectivity index (χ1n) is 5.51. The average molecular weight is 298 g/mol. The number of nitrogens with one attached hydrogen (secondary N) is 1. The second kappa shape index (κ2) is 6.37. The molecule has 0 spiro atoms. The predicted octanol–water partition coefficient (Wildman–Crippen LogP) is 5.33. The molecule has 0 aliphatic heterocycles. The third-order valence-corrected chi connectivity index (χ3v) is 4.03. The Kier molecular flexibility index (Phi) is 4.81. The van der Waals surface area contributed by atoms with Crippen molar-refractivity contribution in [3.05, 3.63) is 58.1 Å². The van der Waals surface area contributed by atoms with Gasteiger partial charge in [-0.2, -0.15) is 0 Å². The highest BCUT2D eigenvalue weighted by molar-refractivity contribution is 7.98. The summed E-state index contributed by atoms with van der Waals surface area (Å²) >= 11 is 14.0. The summed E-state index contributed by atoms with van der Waals surface area (Å²) in [6.45, 7) is 0.621. The van der Waals surface area contributed by atoms with Crippen LogP contribution in [0.3, 0.4) is 0 Å². The van der Waals surface area contributed by atoms with Gasteiger partial charge < -0.3 is 5.32 Å². The second-order valence-electron chi connectivity index (χ2n) is 3.79. The van der Waals surface area contributed by atoms with Gasteiger partial charge in [0.05, 0.1) is 0 Å². The topological polar surface area (TPSA) is 12.0 Å². The molecular formula is C14H13Cl2NS. The quantitative estimate of drug-likeness (QED) is 0.766. The fourth-order valence-corrected chi connectivity index (χ4v) is 2.62. The minimum atomic E-state index is 0.621. The van der Waals surface area contributed by atoms with E-state index in [9.17, 15) is 0 Å². The minimum Gasteiger partial charge on any atom is -0.381 e. The van der Waals surface area contributed by atoms with E-state index >= 15 is 0 Å². The lowest BCUT2D eigenvalue weighted by Crippen LogP contribution is -2.00. The zero-order valence-corrected chi connectivity index (χ0v) is 12.2. The maximum absolute atomic E-state index is 6.13. The Morgan fingerprint density at radius 3 is 2.39 bits per heavy atom. The predicted molar refractivity (Wildman–Crippen MR) is 82.0 cm³/mol. The number of hydrogen-bond acceptors (Lipinski definition) is 2. The molecule has 94 valence electrons. The van der Waals surface area contributed by atoms with Crippen LogP contribution >= 0.6 is 35.0 Å². The normalized spacial score (nSPS) is 10.4. The van der Waals surface area contributed by atoms with Crippen molar-refractivity contribution in [2.75, 3.05) is 11.6 Å². The molecule has 0 radical (unpaired) electrons. The Bertz CT molecular complexity index is 523. The van der Waals surface area contributed by atoms with Crippen molar-refractivity contribution >= 4 is 40.7 Å². The van der Waals surface area contributed by atoms with Crippen molar-refractivity contribution in [1.82, 2.24) is 0 Å².